The standard InChI is InChI=1S/C9H11N3O2S/c1-7-8(11)3-2-4-9(7)12-15(13,14)6-5-10/h2-4,12H,6,11H2,1H3. The van der Waals surface area contributed by atoms with Crippen LogP contribution in [-0.4, -0.2) is 14.2 Å². The Balaban J connectivity index is 3.02. The number of benzene rings is 1. The molecule has 0 fully saturated rings. The fourth-order valence-electron chi connectivity index (χ4n) is 1.05. The minimum Gasteiger partial charge on any atom is -0.398 e. The average molecular weight is 225 g/mol. The summed E-state index contributed by atoms with van der Waals surface area (Å²) >= 11 is 0. The van der Waals surface area contributed by atoms with E-state index in [4.69, 9.17) is 11.0 Å². The monoisotopic (exact) mass is 225 g/mol. The molecule has 0 aromatic heterocycles. The number of hydrogen-bond acceptors (Lipinski definition) is 4. The molecule has 0 unspecified atom stereocenters. The van der Waals surface area contributed by atoms with Crippen LogP contribution in [0.3, 0.4) is 0 Å². The summed E-state index contributed by atoms with van der Waals surface area (Å²) in [5.74, 6) is -0.568. The molecule has 1 aromatic rings. The Labute approximate surface area is 88.6 Å². The van der Waals surface area contributed by atoms with Crippen LogP contribution < -0.4 is 10.5 Å². The molecule has 0 radical (unpaired) electrons. The van der Waals surface area contributed by atoms with Gasteiger partial charge < -0.3 is 5.73 Å². The van der Waals surface area contributed by atoms with Crippen molar-refractivity contribution in [2.45, 2.75) is 6.92 Å². The number of hydrogen-bond donors (Lipinski definition) is 2. The number of rotatable bonds is 3. The van der Waals surface area contributed by atoms with Crippen molar-refractivity contribution in [2.24, 2.45) is 0 Å². The van der Waals surface area contributed by atoms with E-state index in [0.717, 1.165) is 0 Å². The summed E-state index contributed by atoms with van der Waals surface area (Å²) in [4.78, 5) is 0. The van der Waals surface area contributed by atoms with Gasteiger partial charge >= 0.3 is 0 Å². The second kappa shape index (κ2) is 4.19. The molecule has 6 heteroatoms. The molecule has 0 saturated heterocycles. The lowest BCUT2D eigenvalue weighted by Gasteiger charge is -2.09. The third-order valence-electron chi connectivity index (χ3n) is 1.90. The van der Waals surface area contributed by atoms with Crippen molar-refractivity contribution >= 4 is 21.4 Å². The van der Waals surface area contributed by atoms with E-state index in [1.807, 2.05) is 0 Å². The van der Waals surface area contributed by atoms with Crippen molar-refractivity contribution in [1.82, 2.24) is 0 Å². The molecule has 0 spiro atoms. The van der Waals surface area contributed by atoms with Crippen LogP contribution in [0.25, 0.3) is 0 Å². The smallest absolute Gasteiger partial charge is 0.246 e. The van der Waals surface area contributed by atoms with Gasteiger partial charge in [-0.2, -0.15) is 5.26 Å². The molecule has 0 aliphatic rings. The second-order valence-corrected chi connectivity index (χ2v) is 4.76. The van der Waals surface area contributed by atoms with Crippen molar-refractivity contribution in [3.8, 4) is 6.07 Å². The van der Waals surface area contributed by atoms with E-state index in [9.17, 15) is 8.42 Å². The van der Waals surface area contributed by atoms with E-state index >= 15 is 0 Å². The first-order chi connectivity index (χ1) is 6.96. The van der Waals surface area contributed by atoms with Gasteiger partial charge in [-0.15, -0.1) is 0 Å². The number of nitrogens with two attached hydrogens (primary N) is 1. The maximum atomic E-state index is 11.3. The highest BCUT2D eigenvalue weighted by atomic mass is 32.2. The van der Waals surface area contributed by atoms with E-state index in [-0.39, 0.29) is 0 Å². The molecule has 15 heavy (non-hydrogen) atoms. The summed E-state index contributed by atoms with van der Waals surface area (Å²) in [6.45, 7) is 1.71. The molecular formula is C9H11N3O2S. The molecule has 0 bridgehead atoms. The number of nitrogens with zero attached hydrogens (tertiary/aromatic N) is 1. The third kappa shape index (κ3) is 2.86. The summed E-state index contributed by atoms with van der Waals surface area (Å²) in [6, 6.07) is 6.50. The Kier molecular flexibility index (Phi) is 3.17. The molecule has 3 N–H and O–H groups in total. The van der Waals surface area contributed by atoms with Crippen LogP contribution in [0.2, 0.25) is 0 Å². The van der Waals surface area contributed by atoms with Crippen LogP contribution in [0.5, 0.6) is 0 Å². The van der Waals surface area contributed by atoms with Crippen LogP contribution in [0.15, 0.2) is 18.2 Å². The van der Waals surface area contributed by atoms with Crippen molar-refractivity contribution in [1.29, 1.82) is 5.26 Å². The van der Waals surface area contributed by atoms with Crippen molar-refractivity contribution in [2.75, 3.05) is 16.2 Å². The highest BCUT2D eigenvalue weighted by Gasteiger charge is 2.11. The maximum Gasteiger partial charge on any atom is 0.246 e. The lowest BCUT2D eigenvalue weighted by molar-refractivity contribution is 0.604. The van der Waals surface area contributed by atoms with Gasteiger partial charge in [0.15, 0.2) is 5.75 Å². The van der Waals surface area contributed by atoms with Crippen LogP contribution in [0, 0.1) is 18.3 Å². The van der Waals surface area contributed by atoms with Gasteiger partial charge in [0.05, 0.1) is 11.8 Å². The molecule has 0 saturated carbocycles. The molecule has 0 aliphatic heterocycles. The maximum absolute atomic E-state index is 11.3. The van der Waals surface area contributed by atoms with Gasteiger partial charge in [0.2, 0.25) is 10.0 Å². The fraction of sp³-hybridized carbons (Fsp3) is 0.222. The predicted molar refractivity (Wildman–Crippen MR) is 58.6 cm³/mol. The molecule has 80 valence electrons. The minimum absolute atomic E-state index is 0.408. The van der Waals surface area contributed by atoms with Gasteiger partial charge in [-0.1, -0.05) is 6.07 Å². The Morgan fingerprint density at radius 3 is 2.80 bits per heavy atom. The third-order valence-corrected chi connectivity index (χ3v) is 2.94. The molecule has 0 heterocycles. The van der Waals surface area contributed by atoms with E-state index in [1.165, 1.54) is 0 Å². The highest BCUT2D eigenvalue weighted by molar-refractivity contribution is 7.92. The van der Waals surface area contributed by atoms with Gasteiger partial charge in [0.1, 0.15) is 0 Å². The zero-order valence-corrected chi connectivity index (χ0v) is 9.00. The minimum atomic E-state index is -3.59. The molecule has 0 amide bonds. The number of nitrogens with one attached hydrogen (secondary N) is 1. The normalized spacial score (nSPS) is 10.7. The molecule has 0 atom stereocenters. The Morgan fingerprint density at radius 1 is 1.53 bits per heavy atom. The summed E-state index contributed by atoms with van der Waals surface area (Å²) < 4.78 is 24.9. The van der Waals surface area contributed by atoms with Crippen molar-refractivity contribution < 1.29 is 8.42 Å². The first kappa shape index (κ1) is 11.3. The number of sulfonamides is 1. The Bertz CT molecular complexity index is 503. The fourth-order valence-corrected chi connectivity index (χ4v) is 1.85. The quantitative estimate of drug-likeness (QED) is 0.745. The van der Waals surface area contributed by atoms with E-state index in [2.05, 4.69) is 4.72 Å². The Morgan fingerprint density at radius 2 is 2.20 bits per heavy atom. The van der Waals surface area contributed by atoms with Gasteiger partial charge in [-0.25, -0.2) is 8.42 Å². The molecule has 0 aliphatic carbocycles. The number of nitriles is 1. The zero-order valence-electron chi connectivity index (χ0n) is 8.19. The zero-order chi connectivity index (χ0) is 11.5. The topological polar surface area (TPSA) is 96.0 Å². The number of anilines is 2. The summed E-state index contributed by atoms with van der Waals surface area (Å²) in [5.41, 5.74) is 7.18. The van der Waals surface area contributed by atoms with Gasteiger partial charge in [0, 0.05) is 5.69 Å². The molecule has 1 aromatic carbocycles. The van der Waals surface area contributed by atoms with Crippen molar-refractivity contribution in [3.05, 3.63) is 23.8 Å². The van der Waals surface area contributed by atoms with Crippen LogP contribution >= 0.6 is 0 Å². The molecule has 1 rings (SSSR count). The second-order valence-electron chi connectivity index (χ2n) is 3.04. The van der Waals surface area contributed by atoms with Crippen LogP contribution in [0.1, 0.15) is 5.56 Å². The first-order valence-corrected chi connectivity index (χ1v) is 5.84. The van der Waals surface area contributed by atoms with E-state index in [1.54, 1.807) is 31.2 Å². The highest BCUT2D eigenvalue weighted by Crippen LogP contribution is 2.21. The summed E-state index contributed by atoms with van der Waals surface area (Å²) in [5, 5.41) is 8.31. The largest absolute Gasteiger partial charge is 0.398 e. The molecular weight excluding hydrogens is 214 g/mol. The van der Waals surface area contributed by atoms with Crippen LogP contribution in [0.4, 0.5) is 11.4 Å². The van der Waals surface area contributed by atoms with Gasteiger partial charge in [-0.05, 0) is 24.6 Å². The van der Waals surface area contributed by atoms with Gasteiger partial charge in [-0.3, -0.25) is 4.72 Å². The molecule has 5 nitrogen and oxygen atoms in total. The summed E-state index contributed by atoms with van der Waals surface area (Å²) in [7, 11) is -3.59. The van der Waals surface area contributed by atoms with E-state index < -0.39 is 15.8 Å². The SMILES string of the molecule is Cc1c(N)cccc1NS(=O)(=O)CC#N. The van der Waals surface area contributed by atoms with E-state index in [0.29, 0.717) is 16.9 Å². The van der Waals surface area contributed by atoms with Gasteiger partial charge in [0.25, 0.3) is 0 Å². The average Bonchev–Trinajstić information content (AvgIpc) is 2.12. The lowest BCUT2D eigenvalue weighted by atomic mass is 10.2. The summed E-state index contributed by atoms with van der Waals surface area (Å²) in [6.07, 6.45) is 0. The Hall–Kier alpha value is -1.74. The van der Waals surface area contributed by atoms with Crippen LogP contribution in [-0.2, 0) is 10.0 Å². The predicted octanol–water partition coefficient (Wildman–Crippen LogP) is 0.843. The first-order valence-electron chi connectivity index (χ1n) is 4.19. The lowest BCUT2D eigenvalue weighted by Crippen LogP contribution is -2.16. The van der Waals surface area contributed by atoms with Crippen molar-refractivity contribution in [3.63, 3.8) is 0 Å². The number of nitrogen functional groups attached to an aromatic ring is 1.